The van der Waals surface area contributed by atoms with Gasteiger partial charge in [0.25, 0.3) is 5.91 Å². The van der Waals surface area contributed by atoms with Crippen molar-refractivity contribution in [2.75, 3.05) is 6.54 Å². The van der Waals surface area contributed by atoms with Crippen LogP contribution in [-0.2, 0) is 6.54 Å². The molecular weight excluding hydrogens is 250 g/mol. The van der Waals surface area contributed by atoms with Crippen LogP contribution in [0.15, 0.2) is 36.9 Å². The van der Waals surface area contributed by atoms with Crippen LogP contribution in [0.25, 0.3) is 0 Å². The maximum absolute atomic E-state index is 12.0. The molecule has 0 fully saturated rings. The zero-order valence-corrected chi connectivity index (χ0v) is 10.8. The molecule has 0 unspecified atom stereocenters. The molecule has 0 saturated carbocycles. The quantitative estimate of drug-likeness (QED) is 0.920. The normalized spacial score (nSPS) is 10.3. The fourth-order valence-electron chi connectivity index (χ4n) is 1.67. The highest BCUT2D eigenvalue weighted by molar-refractivity contribution is 6.31. The topological polar surface area (TPSA) is 46.9 Å². The first-order valence-electron chi connectivity index (χ1n) is 5.67. The van der Waals surface area contributed by atoms with E-state index < -0.39 is 0 Å². The van der Waals surface area contributed by atoms with Crippen molar-refractivity contribution < 1.29 is 4.79 Å². The minimum absolute atomic E-state index is 0.102. The molecule has 0 aliphatic heterocycles. The molecule has 0 atom stereocenters. The first-order valence-corrected chi connectivity index (χ1v) is 6.05. The van der Waals surface area contributed by atoms with Crippen molar-refractivity contribution in [2.45, 2.75) is 13.5 Å². The minimum atomic E-state index is -0.102. The van der Waals surface area contributed by atoms with E-state index in [2.05, 4.69) is 10.3 Å². The SMILES string of the molecule is Cc1c(Cl)cccc1C(=O)NCCn1ccnc1. The highest BCUT2D eigenvalue weighted by atomic mass is 35.5. The van der Waals surface area contributed by atoms with Crippen LogP contribution < -0.4 is 5.32 Å². The first kappa shape index (κ1) is 12.6. The Balaban J connectivity index is 1.93. The van der Waals surface area contributed by atoms with Crippen molar-refractivity contribution in [1.29, 1.82) is 0 Å². The van der Waals surface area contributed by atoms with Crippen molar-refractivity contribution >= 4 is 17.5 Å². The molecule has 1 heterocycles. The second kappa shape index (κ2) is 5.69. The van der Waals surface area contributed by atoms with E-state index in [-0.39, 0.29) is 5.91 Å². The second-order valence-corrected chi connectivity index (χ2v) is 4.38. The molecule has 0 saturated heterocycles. The number of imidazole rings is 1. The lowest BCUT2D eigenvalue weighted by molar-refractivity contribution is 0.0951. The average Bonchev–Trinajstić information content (AvgIpc) is 2.85. The van der Waals surface area contributed by atoms with Gasteiger partial charge in [-0.2, -0.15) is 0 Å². The largest absolute Gasteiger partial charge is 0.350 e. The fourth-order valence-corrected chi connectivity index (χ4v) is 1.84. The maximum Gasteiger partial charge on any atom is 0.251 e. The Kier molecular flexibility index (Phi) is 3.99. The molecule has 18 heavy (non-hydrogen) atoms. The van der Waals surface area contributed by atoms with Crippen molar-refractivity contribution in [2.24, 2.45) is 0 Å². The Labute approximate surface area is 111 Å². The molecule has 0 aliphatic rings. The zero-order valence-electron chi connectivity index (χ0n) is 10.1. The monoisotopic (exact) mass is 263 g/mol. The van der Waals surface area contributed by atoms with Gasteiger partial charge in [0, 0.05) is 36.1 Å². The Hall–Kier alpha value is -1.81. The standard InChI is InChI=1S/C13H14ClN3O/c1-10-11(3-2-4-12(10)14)13(18)16-6-8-17-7-5-15-9-17/h2-5,7,9H,6,8H2,1H3,(H,16,18). The summed E-state index contributed by atoms with van der Waals surface area (Å²) in [6.07, 6.45) is 5.29. The van der Waals surface area contributed by atoms with Crippen LogP contribution in [0.5, 0.6) is 0 Å². The number of nitrogens with one attached hydrogen (secondary N) is 1. The summed E-state index contributed by atoms with van der Waals surface area (Å²) in [6.45, 7) is 3.10. The van der Waals surface area contributed by atoms with E-state index in [9.17, 15) is 4.79 Å². The predicted octanol–water partition coefficient (Wildman–Crippen LogP) is 2.27. The maximum atomic E-state index is 12.0. The van der Waals surface area contributed by atoms with E-state index in [0.717, 1.165) is 5.56 Å². The first-order chi connectivity index (χ1) is 8.68. The number of rotatable bonds is 4. The number of hydrogen-bond donors (Lipinski definition) is 1. The van der Waals surface area contributed by atoms with Gasteiger partial charge in [0.15, 0.2) is 0 Å². The third-order valence-electron chi connectivity index (χ3n) is 2.73. The summed E-state index contributed by atoms with van der Waals surface area (Å²) in [5, 5.41) is 3.47. The molecule has 1 N–H and O–H groups in total. The number of amides is 1. The Morgan fingerprint density at radius 3 is 3.06 bits per heavy atom. The summed E-state index contributed by atoms with van der Waals surface area (Å²) in [7, 11) is 0. The number of aromatic nitrogens is 2. The molecule has 1 amide bonds. The van der Waals surface area contributed by atoms with Crippen LogP contribution in [0.4, 0.5) is 0 Å². The van der Waals surface area contributed by atoms with Crippen LogP contribution in [0.1, 0.15) is 15.9 Å². The van der Waals surface area contributed by atoms with Crippen LogP contribution in [-0.4, -0.2) is 22.0 Å². The van der Waals surface area contributed by atoms with E-state index in [1.165, 1.54) is 0 Å². The molecule has 2 aromatic rings. The number of hydrogen-bond acceptors (Lipinski definition) is 2. The number of nitrogens with zero attached hydrogens (tertiary/aromatic N) is 2. The second-order valence-electron chi connectivity index (χ2n) is 3.97. The summed E-state index contributed by atoms with van der Waals surface area (Å²) < 4.78 is 1.91. The third-order valence-corrected chi connectivity index (χ3v) is 3.14. The minimum Gasteiger partial charge on any atom is -0.350 e. The van der Waals surface area contributed by atoms with E-state index >= 15 is 0 Å². The van der Waals surface area contributed by atoms with Gasteiger partial charge in [-0.1, -0.05) is 17.7 Å². The van der Waals surface area contributed by atoms with E-state index in [1.807, 2.05) is 17.7 Å². The zero-order chi connectivity index (χ0) is 13.0. The molecule has 2 rings (SSSR count). The van der Waals surface area contributed by atoms with Gasteiger partial charge >= 0.3 is 0 Å². The Bertz CT molecular complexity index is 537. The van der Waals surface area contributed by atoms with Crippen molar-refractivity contribution in [1.82, 2.24) is 14.9 Å². The third kappa shape index (κ3) is 2.90. The fraction of sp³-hybridized carbons (Fsp3) is 0.231. The molecule has 1 aromatic heterocycles. The van der Waals surface area contributed by atoms with Crippen LogP contribution in [0, 0.1) is 6.92 Å². The molecule has 0 bridgehead atoms. The highest BCUT2D eigenvalue weighted by Gasteiger charge is 2.09. The summed E-state index contributed by atoms with van der Waals surface area (Å²) in [4.78, 5) is 15.9. The van der Waals surface area contributed by atoms with E-state index in [4.69, 9.17) is 11.6 Å². The molecular formula is C13H14ClN3O. The van der Waals surface area contributed by atoms with Crippen molar-refractivity contribution in [3.63, 3.8) is 0 Å². The average molecular weight is 264 g/mol. The number of halogens is 1. The lowest BCUT2D eigenvalue weighted by Gasteiger charge is -2.08. The smallest absolute Gasteiger partial charge is 0.251 e. The van der Waals surface area contributed by atoms with Crippen molar-refractivity contribution in [3.8, 4) is 0 Å². The van der Waals surface area contributed by atoms with Gasteiger partial charge in [-0.3, -0.25) is 4.79 Å². The molecule has 5 heteroatoms. The van der Waals surface area contributed by atoms with Gasteiger partial charge in [0.05, 0.1) is 6.33 Å². The molecule has 0 radical (unpaired) electrons. The van der Waals surface area contributed by atoms with Crippen molar-refractivity contribution in [3.05, 3.63) is 53.1 Å². The highest BCUT2D eigenvalue weighted by Crippen LogP contribution is 2.18. The van der Waals surface area contributed by atoms with E-state index in [0.29, 0.717) is 23.7 Å². The van der Waals surface area contributed by atoms with Gasteiger partial charge < -0.3 is 9.88 Å². The molecule has 0 spiro atoms. The van der Waals surface area contributed by atoms with Gasteiger partial charge in [-0.05, 0) is 24.6 Å². The van der Waals surface area contributed by atoms with Gasteiger partial charge in [-0.15, -0.1) is 0 Å². The summed E-state index contributed by atoms with van der Waals surface area (Å²) in [5.74, 6) is -0.102. The molecule has 0 aliphatic carbocycles. The summed E-state index contributed by atoms with van der Waals surface area (Å²) in [5.41, 5.74) is 1.42. The van der Waals surface area contributed by atoms with Crippen LogP contribution >= 0.6 is 11.6 Å². The predicted molar refractivity (Wildman–Crippen MR) is 70.7 cm³/mol. The number of carbonyl (C=O) groups excluding carboxylic acids is 1. The Morgan fingerprint density at radius 1 is 1.50 bits per heavy atom. The lowest BCUT2D eigenvalue weighted by Crippen LogP contribution is -2.27. The van der Waals surface area contributed by atoms with Crippen LogP contribution in [0.2, 0.25) is 5.02 Å². The summed E-state index contributed by atoms with van der Waals surface area (Å²) in [6, 6.07) is 5.33. The number of benzene rings is 1. The van der Waals surface area contributed by atoms with Gasteiger partial charge in [-0.25, -0.2) is 4.98 Å². The van der Waals surface area contributed by atoms with E-state index in [1.54, 1.807) is 30.7 Å². The van der Waals surface area contributed by atoms with Gasteiger partial charge in [0.2, 0.25) is 0 Å². The lowest BCUT2D eigenvalue weighted by atomic mass is 10.1. The number of carbonyl (C=O) groups is 1. The Morgan fingerprint density at radius 2 is 2.33 bits per heavy atom. The van der Waals surface area contributed by atoms with Gasteiger partial charge in [0.1, 0.15) is 0 Å². The molecule has 1 aromatic carbocycles. The molecule has 94 valence electrons. The molecule has 4 nitrogen and oxygen atoms in total. The summed E-state index contributed by atoms with van der Waals surface area (Å²) >= 11 is 5.98. The van der Waals surface area contributed by atoms with Crippen LogP contribution in [0.3, 0.4) is 0 Å².